The van der Waals surface area contributed by atoms with Crippen molar-refractivity contribution in [3.8, 4) is 10.4 Å². The molecule has 0 bridgehead atoms. The Morgan fingerprint density at radius 2 is 1.92 bits per heavy atom. The van der Waals surface area contributed by atoms with Crippen molar-refractivity contribution in [2.45, 2.75) is 76.0 Å². The van der Waals surface area contributed by atoms with Crippen molar-refractivity contribution >= 4 is 38.8 Å². The number of nitrogens with one attached hydrogen (secondary N) is 2. The Kier molecular flexibility index (Phi) is 8.33. The van der Waals surface area contributed by atoms with E-state index >= 15 is 0 Å². The third-order valence-corrected chi connectivity index (χ3v) is 8.48. The molecule has 1 fully saturated rings. The molecule has 10 nitrogen and oxygen atoms in total. The Hall–Kier alpha value is -3.10. The second kappa shape index (κ2) is 11.3. The maximum atomic E-state index is 12.8. The van der Waals surface area contributed by atoms with E-state index in [1.807, 2.05) is 6.92 Å². The van der Waals surface area contributed by atoms with Crippen LogP contribution in [0.3, 0.4) is 0 Å². The zero-order valence-corrected chi connectivity index (χ0v) is 22.8. The number of anilines is 2. The molecule has 1 aromatic carbocycles. The van der Waals surface area contributed by atoms with E-state index in [-0.39, 0.29) is 28.6 Å². The fraction of sp³-hybridized carbons (Fsp3) is 0.458. The van der Waals surface area contributed by atoms with Crippen LogP contribution in [0.1, 0.15) is 62.7 Å². The Balaban J connectivity index is 1.52. The summed E-state index contributed by atoms with van der Waals surface area (Å²) in [5.74, 6) is 0.192. The third-order valence-electron chi connectivity index (χ3n) is 6.18. The van der Waals surface area contributed by atoms with Gasteiger partial charge in [0.2, 0.25) is 10.0 Å². The first kappa shape index (κ1) is 27.9. The summed E-state index contributed by atoms with van der Waals surface area (Å²) in [4.78, 5) is 17.2. The maximum absolute atomic E-state index is 12.8. The van der Waals surface area contributed by atoms with Crippen LogP contribution in [0.2, 0.25) is 0 Å². The lowest BCUT2D eigenvalue weighted by Gasteiger charge is -2.28. The van der Waals surface area contributed by atoms with Crippen molar-refractivity contribution in [1.82, 2.24) is 20.1 Å². The van der Waals surface area contributed by atoms with Crippen LogP contribution in [0.15, 0.2) is 35.5 Å². The number of carbonyl (C=O) groups excluding carboxylic acids is 1. The highest BCUT2D eigenvalue weighted by molar-refractivity contribution is 7.89. The summed E-state index contributed by atoms with van der Waals surface area (Å²) in [6.45, 7) is 2.64. The van der Waals surface area contributed by atoms with Crippen molar-refractivity contribution in [1.29, 1.82) is 0 Å². The predicted octanol–water partition coefficient (Wildman–Crippen LogP) is 5.26. The first-order valence-electron chi connectivity index (χ1n) is 12.1. The Labute approximate surface area is 223 Å². The van der Waals surface area contributed by atoms with Gasteiger partial charge in [-0.15, -0.1) is 11.3 Å². The summed E-state index contributed by atoms with van der Waals surface area (Å²) < 4.78 is 56.3. The van der Waals surface area contributed by atoms with Gasteiger partial charge in [0.15, 0.2) is 0 Å². The van der Waals surface area contributed by atoms with Crippen molar-refractivity contribution in [3.05, 3.63) is 41.3 Å². The number of halogens is 2. The molecule has 2 aromatic heterocycles. The minimum Gasteiger partial charge on any atom is -0.447 e. The Morgan fingerprint density at radius 3 is 2.53 bits per heavy atom. The van der Waals surface area contributed by atoms with Crippen LogP contribution in [0.4, 0.5) is 25.0 Å². The normalized spacial score (nSPS) is 18.1. The van der Waals surface area contributed by atoms with E-state index < -0.39 is 22.7 Å². The highest BCUT2D eigenvalue weighted by Gasteiger charge is 2.28. The number of nitrogens with two attached hydrogens (primary N) is 1. The maximum Gasteiger partial charge on any atom is 0.407 e. The predicted molar refractivity (Wildman–Crippen MR) is 140 cm³/mol. The summed E-state index contributed by atoms with van der Waals surface area (Å²) >= 11 is 1.43. The third kappa shape index (κ3) is 6.66. The molecule has 1 aliphatic carbocycles. The van der Waals surface area contributed by atoms with Gasteiger partial charge in [0.25, 0.3) is 0 Å². The number of alkyl halides is 2. The number of aromatic nitrogens is 3. The number of sulfonamides is 1. The van der Waals surface area contributed by atoms with Crippen molar-refractivity contribution < 1.29 is 26.7 Å². The highest BCUT2D eigenvalue weighted by atomic mass is 32.2. The number of carbonyl (C=O) groups is 1. The summed E-state index contributed by atoms with van der Waals surface area (Å²) in [6.07, 6.45) is 4.98. The molecular weight excluding hydrogens is 538 g/mol. The number of primary sulfonamides is 1. The molecule has 0 saturated heterocycles. The van der Waals surface area contributed by atoms with Crippen LogP contribution in [0.5, 0.6) is 0 Å². The zero-order valence-electron chi connectivity index (χ0n) is 21.1. The molecule has 0 spiro atoms. The Morgan fingerprint density at radius 1 is 1.21 bits per heavy atom. The number of ether oxygens (including phenoxy) is 1. The molecular formula is C24H30F2N6O4S2. The average Bonchev–Trinajstić information content (AvgIpc) is 3.45. The van der Waals surface area contributed by atoms with Crippen LogP contribution in [0, 0.1) is 6.92 Å². The summed E-state index contributed by atoms with van der Waals surface area (Å²) in [5.41, 5.74) is 1.75. The summed E-state index contributed by atoms with van der Waals surface area (Å²) in [6, 6.07) is 4.69. The van der Waals surface area contributed by atoms with Gasteiger partial charge in [0, 0.05) is 23.2 Å². The molecule has 38 heavy (non-hydrogen) atoms. The van der Waals surface area contributed by atoms with Gasteiger partial charge in [-0.05, 0) is 58.6 Å². The summed E-state index contributed by atoms with van der Waals surface area (Å²) in [7, 11) is -4.12. The lowest BCUT2D eigenvalue weighted by Crippen LogP contribution is -2.38. The molecule has 0 unspecified atom stereocenters. The fourth-order valence-corrected chi connectivity index (χ4v) is 6.55. The number of thiazole rings is 1. The van der Waals surface area contributed by atoms with E-state index in [1.165, 1.54) is 23.6 Å². The minimum absolute atomic E-state index is 0.0415. The number of hydrogen-bond acceptors (Lipinski definition) is 8. The molecule has 14 heteroatoms. The van der Waals surface area contributed by atoms with Gasteiger partial charge in [0.05, 0.1) is 44.7 Å². The average molecular weight is 569 g/mol. The number of aryl methyl sites for hydroxylation is 1. The number of benzene rings is 1. The van der Waals surface area contributed by atoms with E-state index in [4.69, 9.17) is 14.9 Å². The molecule has 1 saturated carbocycles. The van der Waals surface area contributed by atoms with E-state index in [1.54, 1.807) is 26.0 Å². The van der Waals surface area contributed by atoms with E-state index in [0.717, 1.165) is 36.9 Å². The van der Waals surface area contributed by atoms with Gasteiger partial charge in [-0.2, -0.15) is 13.9 Å². The molecule has 0 radical (unpaired) electrons. The Bertz CT molecular complexity index is 1400. The van der Waals surface area contributed by atoms with Crippen molar-refractivity contribution in [2.24, 2.45) is 5.14 Å². The molecule has 0 aliphatic heterocycles. The van der Waals surface area contributed by atoms with E-state index in [2.05, 4.69) is 15.7 Å². The van der Waals surface area contributed by atoms with Crippen LogP contribution < -0.4 is 15.8 Å². The second-order valence-electron chi connectivity index (χ2n) is 9.48. The van der Waals surface area contributed by atoms with Gasteiger partial charge in [0.1, 0.15) is 0 Å². The first-order chi connectivity index (χ1) is 17.9. The number of alkyl carbamates (subject to hydrolysis) is 1. The van der Waals surface area contributed by atoms with E-state index in [0.29, 0.717) is 26.5 Å². The number of nitrogens with zero attached hydrogens (tertiary/aromatic N) is 3. The van der Waals surface area contributed by atoms with Crippen LogP contribution in [0.25, 0.3) is 10.4 Å². The lowest BCUT2D eigenvalue weighted by molar-refractivity contribution is 0.0566. The molecule has 3 aromatic rings. The molecule has 4 N–H and O–H groups in total. The minimum atomic E-state index is -4.12. The number of hydrogen-bond donors (Lipinski definition) is 3. The molecule has 206 valence electrons. The van der Waals surface area contributed by atoms with Crippen molar-refractivity contribution in [3.63, 3.8) is 0 Å². The largest absolute Gasteiger partial charge is 0.447 e. The van der Waals surface area contributed by atoms with Crippen molar-refractivity contribution in [2.75, 3.05) is 5.32 Å². The monoisotopic (exact) mass is 568 g/mol. The zero-order chi connectivity index (χ0) is 27.6. The fourth-order valence-electron chi connectivity index (χ4n) is 4.44. The standard InChI is InChI=1S/C24H30F2N6O4S2/c1-13(2)36-24(33)31-16-6-4-15(5-7-16)22-29-14(3)21(37-22)19-9-8-17(10-20(19)38(27,34)35)30-18-11-28-32(12-18)23(25)26/h8-13,15-16,23,30H,4-7H2,1-3H3,(H,31,33)(H2,27,34,35)/t15-,16-. The van der Waals surface area contributed by atoms with Crippen LogP contribution in [-0.4, -0.2) is 41.4 Å². The van der Waals surface area contributed by atoms with E-state index in [9.17, 15) is 22.0 Å². The first-order valence-corrected chi connectivity index (χ1v) is 14.5. The molecule has 4 rings (SSSR count). The quantitative estimate of drug-likeness (QED) is 0.336. The van der Waals surface area contributed by atoms with Gasteiger partial charge in [-0.25, -0.2) is 28.0 Å². The smallest absolute Gasteiger partial charge is 0.407 e. The van der Waals surface area contributed by atoms with Gasteiger partial charge in [-0.1, -0.05) is 6.07 Å². The van der Waals surface area contributed by atoms with Gasteiger partial charge >= 0.3 is 12.6 Å². The molecule has 0 atom stereocenters. The summed E-state index contributed by atoms with van der Waals surface area (Å²) in [5, 5.41) is 15.8. The second-order valence-corrected chi connectivity index (χ2v) is 12.0. The lowest BCUT2D eigenvalue weighted by atomic mass is 9.86. The number of amides is 1. The van der Waals surface area contributed by atoms with Gasteiger partial charge in [-0.3, -0.25) is 0 Å². The molecule has 1 aliphatic rings. The molecule has 2 heterocycles. The topological polar surface area (TPSA) is 141 Å². The highest BCUT2D eigenvalue weighted by Crippen LogP contribution is 2.41. The van der Waals surface area contributed by atoms with Gasteiger partial charge < -0.3 is 15.4 Å². The number of rotatable bonds is 8. The van der Waals surface area contributed by atoms with Crippen LogP contribution in [-0.2, 0) is 14.8 Å². The van der Waals surface area contributed by atoms with Crippen LogP contribution >= 0.6 is 11.3 Å². The molecule has 1 amide bonds. The SMILES string of the molecule is Cc1nc([C@H]2CC[C@H](NC(=O)OC(C)C)CC2)sc1-c1ccc(Nc2cnn(C(F)F)c2)cc1S(N)(=O)=O.